The molecule has 1 amide bonds. The SMILES string of the molecule is CC(C)[C@]1([C@@H](O)N2CC=C(c3cc(C(F)(F)F)ccn3)CC2)CC[C@@H](NC(=O)OC(C)(C)C)C1. The Morgan fingerprint density at radius 3 is 2.59 bits per heavy atom. The van der Waals surface area contributed by atoms with Crippen molar-refractivity contribution >= 4 is 11.7 Å². The van der Waals surface area contributed by atoms with E-state index < -0.39 is 35.1 Å². The van der Waals surface area contributed by atoms with Crippen LogP contribution in [0.1, 0.15) is 71.6 Å². The van der Waals surface area contributed by atoms with Crippen LogP contribution in [-0.2, 0) is 10.9 Å². The highest BCUT2D eigenvalue weighted by molar-refractivity contribution is 5.68. The number of alkyl halides is 3. The van der Waals surface area contributed by atoms with Gasteiger partial charge >= 0.3 is 12.3 Å². The van der Waals surface area contributed by atoms with Crippen molar-refractivity contribution in [1.29, 1.82) is 0 Å². The molecule has 0 radical (unpaired) electrons. The fourth-order valence-electron chi connectivity index (χ4n) is 5.05. The number of carbonyl (C=O) groups excluding carboxylic acids is 1. The smallest absolute Gasteiger partial charge is 0.416 e. The normalized spacial score (nSPS) is 25.2. The Labute approximate surface area is 199 Å². The average Bonchev–Trinajstić information content (AvgIpc) is 3.16. The van der Waals surface area contributed by atoms with E-state index in [0.29, 0.717) is 31.6 Å². The molecule has 2 heterocycles. The van der Waals surface area contributed by atoms with Crippen molar-refractivity contribution in [2.45, 2.75) is 84.3 Å². The lowest BCUT2D eigenvalue weighted by Crippen LogP contribution is -2.51. The summed E-state index contributed by atoms with van der Waals surface area (Å²) in [6.45, 7) is 10.5. The number of amides is 1. The first kappa shape index (κ1) is 26.5. The second-order valence-electron chi connectivity index (χ2n) is 10.7. The van der Waals surface area contributed by atoms with Gasteiger partial charge < -0.3 is 15.2 Å². The first-order valence-corrected chi connectivity index (χ1v) is 11.9. The highest BCUT2D eigenvalue weighted by atomic mass is 19.4. The van der Waals surface area contributed by atoms with Crippen LogP contribution in [0.15, 0.2) is 24.4 Å². The van der Waals surface area contributed by atoms with Crippen molar-refractivity contribution in [2.75, 3.05) is 13.1 Å². The van der Waals surface area contributed by atoms with E-state index in [2.05, 4.69) is 24.1 Å². The van der Waals surface area contributed by atoms with Gasteiger partial charge in [0.25, 0.3) is 0 Å². The monoisotopic (exact) mass is 483 g/mol. The van der Waals surface area contributed by atoms with E-state index in [4.69, 9.17) is 4.74 Å². The first-order valence-electron chi connectivity index (χ1n) is 11.9. The van der Waals surface area contributed by atoms with E-state index in [1.807, 2.05) is 31.7 Å². The molecular weight excluding hydrogens is 447 g/mol. The second-order valence-corrected chi connectivity index (χ2v) is 10.7. The van der Waals surface area contributed by atoms with Gasteiger partial charge in [-0.1, -0.05) is 19.9 Å². The van der Waals surface area contributed by atoms with Gasteiger partial charge in [-0.05, 0) is 70.1 Å². The quantitative estimate of drug-likeness (QED) is 0.600. The maximum absolute atomic E-state index is 13.1. The molecule has 3 atom stereocenters. The summed E-state index contributed by atoms with van der Waals surface area (Å²) in [6.07, 6.45) is 0.0822. The Bertz CT molecular complexity index is 911. The molecule has 1 aliphatic carbocycles. The summed E-state index contributed by atoms with van der Waals surface area (Å²) in [7, 11) is 0. The third-order valence-electron chi connectivity index (χ3n) is 6.97. The average molecular weight is 484 g/mol. The Balaban J connectivity index is 1.68. The van der Waals surface area contributed by atoms with E-state index in [1.165, 1.54) is 6.20 Å². The summed E-state index contributed by atoms with van der Waals surface area (Å²) >= 11 is 0. The molecule has 3 rings (SSSR count). The zero-order valence-electron chi connectivity index (χ0n) is 20.6. The van der Waals surface area contributed by atoms with Gasteiger partial charge in [0.2, 0.25) is 0 Å². The fourth-order valence-corrected chi connectivity index (χ4v) is 5.05. The van der Waals surface area contributed by atoms with Crippen LogP contribution in [0.25, 0.3) is 5.57 Å². The predicted molar refractivity (Wildman–Crippen MR) is 124 cm³/mol. The molecule has 0 bridgehead atoms. The maximum atomic E-state index is 13.1. The molecule has 0 unspecified atom stereocenters. The van der Waals surface area contributed by atoms with Gasteiger partial charge in [0.05, 0.1) is 11.3 Å². The lowest BCUT2D eigenvalue weighted by molar-refractivity contribution is -0.137. The Hall–Kier alpha value is -2.13. The highest BCUT2D eigenvalue weighted by Gasteiger charge is 2.49. The van der Waals surface area contributed by atoms with Crippen LogP contribution >= 0.6 is 0 Å². The molecule has 2 aliphatic rings. The third kappa shape index (κ3) is 6.10. The van der Waals surface area contributed by atoms with Crippen molar-refractivity contribution in [3.8, 4) is 0 Å². The molecule has 2 N–H and O–H groups in total. The molecule has 34 heavy (non-hydrogen) atoms. The number of pyridine rings is 1. The minimum absolute atomic E-state index is 0.0860. The number of alkyl carbamates (subject to hydrolysis) is 1. The number of halogens is 3. The zero-order chi connectivity index (χ0) is 25.3. The molecule has 1 fully saturated rings. The lowest BCUT2D eigenvalue weighted by Gasteiger charge is -2.45. The minimum atomic E-state index is -4.41. The topological polar surface area (TPSA) is 74.7 Å². The Morgan fingerprint density at radius 1 is 1.32 bits per heavy atom. The van der Waals surface area contributed by atoms with Crippen LogP contribution in [0.2, 0.25) is 0 Å². The summed E-state index contributed by atoms with van der Waals surface area (Å²) in [5, 5.41) is 14.4. The zero-order valence-corrected chi connectivity index (χ0v) is 20.6. The highest BCUT2D eigenvalue weighted by Crippen LogP contribution is 2.48. The molecule has 1 aromatic heterocycles. The number of nitrogens with zero attached hydrogens (tertiary/aromatic N) is 2. The molecule has 0 saturated heterocycles. The predicted octanol–water partition coefficient (Wildman–Crippen LogP) is 5.23. The van der Waals surface area contributed by atoms with E-state index in [9.17, 15) is 23.1 Å². The van der Waals surface area contributed by atoms with Gasteiger partial charge in [-0.15, -0.1) is 0 Å². The van der Waals surface area contributed by atoms with Crippen molar-refractivity contribution < 1.29 is 27.8 Å². The van der Waals surface area contributed by atoms with Crippen molar-refractivity contribution in [1.82, 2.24) is 15.2 Å². The standard InChI is InChI=1S/C25H36F3N3O3/c1-16(2)24(10-6-19(15-24)30-22(33)34-23(3,4)5)21(32)31-12-8-17(9-13-31)20-14-18(7-11-29-20)25(26,27)28/h7-8,11,14,16,19,21,32H,6,9-10,12-13,15H2,1-5H3,(H,30,33)/t19-,21-,24+/m1/s1. The number of nitrogens with one attached hydrogen (secondary N) is 1. The van der Waals surface area contributed by atoms with Crippen molar-refractivity contribution in [2.24, 2.45) is 11.3 Å². The molecule has 9 heteroatoms. The van der Waals surface area contributed by atoms with Gasteiger partial charge in [-0.25, -0.2) is 4.79 Å². The summed E-state index contributed by atoms with van der Waals surface area (Å²) in [5.41, 5.74) is -0.619. The summed E-state index contributed by atoms with van der Waals surface area (Å²) < 4.78 is 44.6. The van der Waals surface area contributed by atoms with Crippen molar-refractivity contribution in [3.63, 3.8) is 0 Å². The number of aliphatic hydroxyl groups excluding tert-OH is 1. The van der Waals surface area contributed by atoms with Crippen molar-refractivity contribution in [3.05, 3.63) is 35.7 Å². The molecule has 1 aliphatic heterocycles. The molecule has 190 valence electrons. The number of rotatable bonds is 5. The first-order chi connectivity index (χ1) is 15.7. The van der Waals surface area contributed by atoms with Crippen LogP contribution in [0.3, 0.4) is 0 Å². The summed E-state index contributed by atoms with van der Waals surface area (Å²) in [6, 6.07) is 1.96. The van der Waals surface area contributed by atoms with E-state index >= 15 is 0 Å². The fraction of sp³-hybridized carbons (Fsp3) is 0.680. The maximum Gasteiger partial charge on any atom is 0.416 e. The molecule has 1 aromatic rings. The van der Waals surface area contributed by atoms with Crippen LogP contribution in [-0.4, -0.2) is 52.0 Å². The number of ether oxygens (including phenoxy) is 1. The summed E-state index contributed by atoms with van der Waals surface area (Å²) in [5.74, 6) is 0.170. The van der Waals surface area contributed by atoms with E-state index in [-0.39, 0.29) is 12.0 Å². The lowest BCUT2D eigenvalue weighted by atomic mass is 9.73. The Morgan fingerprint density at radius 2 is 2.03 bits per heavy atom. The number of hydrogen-bond donors (Lipinski definition) is 2. The third-order valence-corrected chi connectivity index (χ3v) is 6.97. The van der Waals surface area contributed by atoms with Gasteiger partial charge in [-0.3, -0.25) is 9.88 Å². The van der Waals surface area contributed by atoms with Crippen LogP contribution < -0.4 is 5.32 Å². The Kier molecular flexibility index (Phi) is 7.67. The molecular formula is C25H36F3N3O3. The number of carbonyl (C=O) groups is 1. The molecule has 0 spiro atoms. The van der Waals surface area contributed by atoms with E-state index in [1.54, 1.807) is 0 Å². The minimum Gasteiger partial charge on any atom is -0.444 e. The number of hydrogen-bond acceptors (Lipinski definition) is 5. The summed E-state index contributed by atoms with van der Waals surface area (Å²) in [4.78, 5) is 18.3. The van der Waals surface area contributed by atoms with Gasteiger partial charge in [0.15, 0.2) is 0 Å². The largest absolute Gasteiger partial charge is 0.444 e. The number of aliphatic hydroxyl groups is 1. The number of aromatic nitrogens is 1. The van der Waals surface area contributed by atoms with Crippen LogP contribution in [0.5, 0.6) is 0 Å². The van der Waals surface area contributed by atoms with Gasteiger partial charge in [0, 0.05) is 30.7 Å². The van der Waals surface area contributed by atoms with E-state index in [0.717, 1.165) is 30.5 Å². The van der Waals surface area contributed by atoms with Crippen LogP contribution in [0.4, 0.5) is 18.0 Å². The molecule has 6 nitrogen and oxygen atoms in total. The van der Waals surface area contributed by atoms with Gasteiger partial charge in [-0.2, -0.15) is 13.2 Å². The van der Waals surface area contributed by atoms with Gasteiger partial charge in [0.1, 0.15) is 11.8 Å². The second kappa shape index (κ2) is 9.85. The molecule has 1 saturated carbocycles. The molecule has 0 aromatic carbocycles. The van der Waals surface area contributed by atoms with Crippen LogP contribution in [0, 0.1) is 11.3 Å².